The lowest BCUT2D eigenvalue weighted by atomic mass is 9.73. The Labute approximate surface area is 89.5 Å². The van der Waals surface area contributed by atoms with E-state index in [1.54, 1.807) is 10.9 Å². The van der Waals surface area contributed by atoms with E-state index < -0.39 is 5.54 Å². The third kappa shape index (κ3) is 1.95. The zero-order valence-corrected chi connectivity index (χ0v) is 9.07. The van der Waals surface area contributed by atoms with Crippen molar-refractivity contribution < 1.29 is 4.79 Å². The number of nitrogens with zero attached hydrogens (tertiary/aromatic N) is 2. The summed E-state index contributed by atoms with van der Waals surface area (Å²) in [5.74, 6) is 0.204. The predicted octanol–water partition coefficient (Wildman–Crippen LogP) is 0.803. The summed E-state index contributed by atoms with van der Waals surface area (Å²) in [5, 5.41) is 4.07. The van der Waals surface area contributed by atoms with E-state index in [0.717, 1.165) is 31.4 Å². The molecule has 4 nitrogen and oxygen atoms in total. The molecular formula is C11H17N3O. The maximum Gasteiger partial charge on any atom is 0.153 e. The van der Waals surface area contributed by atoms with E-state index in [9.17, 15) is 4.79 Å². The van der Waals surface area contributed by atoms with Crippen molar-refractivity contribution in [1.82, 2.24) is 9.78 Å². The number of hydrogen-bond acceptors (Lipinski definition) is 3. The lowest BCUT2D eigenvalue weighted by Gasteiger charge is -2.36. The van der Waals surface area contributed by atoms with Gasteiger partial charge < -0.3 is 5.73 Å². The van der Waals surface area contributed by atoms with E-state index in [2.05, 4.69) is 5.10 Å². The van der Waals surface area contributed by atoms with Gasteiger partial charge in [-0.15, -0.1) is 0 Å². The predicted molar refractivity (Wildman–Crippen MR) is 57.3 cm³/mol. The zero-order valence-electron chi connectivity index (χ0n) is 9.07. The maximum absolute atomic E-state index is 11.8. The molecule has 0 amide bonds. The molecule has 0 radical (unpaired) electrons. The first-order valence-electron chi connectivity index (χ1n) is 5.41. The highest BCUT2D eigenvalue weighted by atomic mass is 16.1. The number of Topliss-reactive ketones (excluding diaryl/α,β-unsaturated/α-hetero) is 1. The Morgan fingerprint density at radius 1 is 1.67 bits per heavy atom. The molecular weight excluding hydrogens is 190 g/mol. The van der Waals surface area contributed by atoms with Gasteiger partial charge >= 0.3 is 0 Å². The van der Waals surface area contributed by atoms with Crippen LogP contribution in [0.25, 0.3) is 0 Å². The van der Waals surface area contributed by atoms with Crippen molar-refractivity contribution in [2.75, 3.05) is 0 Å². The Kier molecular flexibility index (Phi) is 2.61. The van der Waals surface area contributed by atoms with Crippen molar-refractivity contribution in [2.45, 2.75) is 37.6 Å². The van der Waals surface area contributed by atoms with Gasteiger partial charge in [0, 0.05) is 25.4 Å². The SMILES string of the molecule is Cn1nccc1CCC(=O)C1(N)CCC1. The highest BCUT2D eigenvalue weighted by Crippen LogP contribution is 2.31. The first-order chi connectivity index (χ1) is 7.12. The minimum atomic E-state index is -0.501. The van der Waals surface area contributed by atoms with Crippen molar-refractivity contribution in [1.29, 1.82) is 0 Å². The summed E-state index contributed by atoms with van der Waals surface area (Å²) in [6.07, 6.45) is 5.84. The third-order valence-electron chi connectivity index (χ3n) is 3.33. The standard InChI is InChI=1S/C11H17N3O/c1-14-9(5-8-13-14)3-4-10(15)11(12)6-2-7-11/h5,8H,2-4,6-7,12H2,1H3. The second kappa shape index (κ2) is 3.77. The number of carbonyl (C=O) groups is 1. The molecule has 1 aliphatic carbocycles. The second-order valence-corrected chi connectivity index (χ2v) is 4.38. The quantitative estimate of drug-likeness (QED) is 0.794. The lowest BCUT2D eigenvalue weighted by molar-refractivity contribution is -0.127. The average Bonchev–Trinajstić information content (AvgIpc) is 2.56. The van der Waals surface area contributed by atoms with E-state index in [1.165, 1.54) is 0 Å². The van der Waals surface area contributed by atoms with Crippen LogP contribution in [0.3, 0.4) is 0 Å². The second-order valence-electron chi connectivity index (χ2n) is 4.38. The lowest BCUT2D eigenvalue weighted by Crippen LogP contribution is -2.53. The highest BCUT2D eigenvalue weighted by Gasteiger charge is 2.39. The number of rotatable bonds is 4. The van der Waals surface area contributed by atoms with E-state index in [-0.39, 0.29) is 5.78 Å². The maximum atomic E-state index is 11.8. The van der Waals surface area contributed by atoms with E-state index in [1.807, 2.05) is 13.1 Å². The van der Waals surface area contributed by atoms with Gasteiger partial charge in [0.25, 0.3) is 0 Å². The third-order valence-corrected chi connectivity index (χ3v) is 3.33. The van der Waals surface area contributed by atoms with Crippen molar-refractivity contribution >= 4 is 5.78 Å². The first-order valence-corrected chi connectivity index (χ1v) is 5.41. The van der Waals surface area contributed by atoms with Crippen LogP contribution in [0.1, 0.15) is 31.4 Å². The molecule has 0 saturated heterocycles. The van der Waals surface area contributed by atoms with Crippen LogP contribution in [0.2, 0.25) is 0 Å². The fourth-order valence-electron chi connectivity index (χ4n) is 1.97. The largest absolute Gasteiger partial charge is 0.319 e. The number of carbonyl (C=O) groups excluding carboxylic acids is 1. The van der Waals surface area contributed by atoms with Gasteiger partial charge in [-0.2, -0.15) is 5.10 Å². The summed E-state index contributed by atoms with van der Waals surface area (Å²) in [6.45, 7) is 0. The zero-order chi connectivity index (χ0) is 10.9. The molecule has 2 N–H and O–H groups in total. The summed E-state index contributed by atoms with van der Waals surface area (Å²) >= 11 is 0. The Hall–Kier alpha value is -1.16. The van der Waals surface area contributed by atoms with Crippen LogP contribution in [-0.2, 0) is 18.3 Å². The first kappa shape index (κ1) is 10.4. The minimum absolute atomic E-state index is 0.204. The summed E-state index contributed by atoms with van der Waals surface area (Å²) in [4.78, 5) is 11.8. The van der Waals surface area contributed by atoms with Crippen LogP contribution in [0, 0.1) is 0 Å². The monoisotopic (exact) mass is 207 g/mol. The molecule has 0 bridgehead atoms. The van der Waals surface area contributed by atoms with Gasteiger partial charge in [0.05, 0.1) is 5.54 Å². The molecule has 1 saturated carbocycles. The molecule has 82 valence electrons. The summed E-state index contributed by atoms with van der Waals surface area (Å²) in [6, 6.07) is 1.94. The van der Waals surface area contributed by atoms with E-state index in [4.69, 9.17) is 5.73 Å². The number of aryl methyl sites for hydroxylation is 2. The Morgan fingerprint density at radius 2 is 2.40 bits per heavy atom. The van der Waals surface area contributed by atoms with Gasteiger partial charge in [0.2, 0.25) is 0 Å². The molecule has 4 heteroatoms. The summed E-state index contributed by atoms with van der Waals surface area (Å²) < 4.78 is 1.80. The number of ketones is 1. The number of aromatic nitrogens is 2. The van der Waals surface area contributed by atoms with Crippen LogP contribution >= 0.6 is 0 Å². The van der Waals surface area contributed by atoms with Crippen LogP contribution in [0.5, 0.6) is 0 Å². The van der Waals surface area contributed by atoms with E-state index >= 15 is 0 Å². The van der Waals surface area contributed by atoms with Gasteiger partial charge in [-0.1, -0.05) is 0 Å². The van der Waals surface area contributed by atoms with Gasteiger partial charge in [0.1, 0.15) is 0 Å². The van der Waals surface area contributed by atoms with Crippen molar-refractivity contribution in [2.24, 2.45) is 12.8 Å². The highest BCUT2D eigenvalue weighted by molar-refractivity contribution is 5.89. The Bertz CT molecular complexity index is 366. The fraction of sp³-hybridized carbons (Fsp3) is 0.636. The van der Waals surface area contributed by atoms with Crippen LogP contribution in [-0.4, -0.2) is 21.1 Å². The molecule has 1 aromatic rings. The van der Waals surface area contributed by atoms with Crippen molar-refractivity contribution in [3.05, 3.63) is 18.0 Å². The summed E-state index contributed by atoms with van der Waals surface area (Å²) in [7, 11) is 1.89. The molecule has 1 heterocycles. The minimum Gasteiger partial charge on any atom is -0.319 e. The van der Waals surface area contributed by atoms with Crippen LogP contribution in [0.15, 0.2) is 12.3 Å². The van der Waals surface area contributed by atoms with Gasteiger partial charge in [-0.25, -0.2) is 0 Å². The van der Waals surface area contributed by atoms with Crippen LogP contribution in [0.4, 0.5) is 0 Å². The number of nitrogens with two attached hydrogens (primary N) is 1. The topological polar surface area (TPSA) is 60.9 Å². The molecule has 0 atom stereocenters. The molecule has 1 aromatic heterocycles. The molecule has 1 aliphatic rings. The molecule has 0 unspecified atom stereocenters. The molecule has 0 spiro atoms. The molecule has 2 rings (SSSR count). The van der Waals surface area contributed by atoms with Crippen molar-refractivity contribution in [3.8, 4) is 0 Å². The summed E-state index contributed by atoms with van der Waals surface area (Å²) in [5.41, 5.74) is 6.54. The van der Waals surface area contributed by atoms with Crippen molar-refractivity contribution in [3.63, 3.8) is 0 Å². The Morgan fingerprint density at radius 3 is 2.87 bits per heavy atom. The molecule has 15 heavy (non-hydrogen) atoms. The van der Waals surface area contributed by atoms with E-state index in [0.29, 0.717) is 6.42 Å². The van der Waals surface area contributed by atoms with Gasteiger partial charge in [0.15, 0.2) is 5.78 Å². The Balaban J connectivity index is 1.88. The van der Waals surface area contributed by atoms with Gasteiger partial charge in [-0.3, -0.25) is 9.48 Å². The van der Waals surface area contributed by atoms with Crippen LogP contribution < -0.4 is 5.73 Å². The molecule has 0 aromatic carbocycles. The number of hydrogen-bond donors (Lipinski definition) is 1. The normalized spacial score (nSPS) is 18.5. The smallest absolute Gasteiger partial charge is 0.153 e. The molecule has 0 aliphatic heterocycles. The van der Waals surface area contributed by atoms with Gasteiger partial charge in [-0.05, 0) is 31.7 Å². The molecule has 1 fully saturated rings. The fourth-order valence-corrected chi connectivity index (χ4v) is 1.97. The average molecular weight is 207 g/mol.